The van der Waals surface area contributed by atoms with Crippen molar-refractivity contribution < 1.29 is 14.0 Å². The highest BCUT2D eigenvalue weighted by Gasteiger charge is 2.42. The molecule has 0 spiro atoms. The van der Waals surface area contributed by atoms with Crippen LogP contribution in [-0.4, -0.2) is 23.3 Å². The van der Waals surface area contributed by atoms with Crippen molar-refractivity contribution >= 4 is 23.1 Å². The molecule has 0 saturated heterocycles. The van der Waals surface area contributed by atoms with E-state index in [-0.39, 0.29) is 5.91 Å². The van der Waals surface area contributed by atoms with E-state index in [4.69, 9.17) is 0 Å². The molecule has 0 N–H and O–H groups in total. The third-order valence-electron chi connectivity index (χ3n) is 5.40. The second-order valence-electron chi connectivity index (χ2n) is 7.51. The lowest BCUT2D eigenvalue weighted by molar-refractivity contribution is -0.120. The largest absolute Gasteiger partial charge is 0.362 e. The second kappa shape index (κ2) is 8.56. The van der Waals surface area contributed by atoms with Crippen molar-refractivity contribution in [2.24, 2.45) is 0 Å². The van der Waals surface area contributed by atoms with Gasteiger partial charge in [0.05, 0.1) is 11.3 Å². The van der Waals surface area contributed by atoms with Gasteiger partial charge in [0.2, 0.25) is 0 Å². The average Bonchev–Trinajstić information content (AvgIpc) is 3.04. The van der Waals surface area contributed by atoms with Gasteiger partial charge in [-0.1, -0.05) is 60.2 Å². The first kappa shape index (κ1) is 20.5. The summed E-state index contributed by atoms with van der Waals surface area (Å²) in [5.74, 6) is -1.16. The maximum absolute atomic E-state index is 13.6. The van der Waals surface area contributed by atoms with Gasteiger partial charge in [-0.15, -0.1) is 0 Å². The number of amides is 2. The predicted molar refractivity (Wildman–Crippen MR) is 120 cm³/mol. The number of carbonyl (C=O) groups excluding carboxylic acids is 2. The van der Waals surface area contributed by atoms with E-state index in [0.29, 0.717) is 35.6 Å². The third kappa shape index (κ3) is 3.99. The number of imide groups is 1. The van der Waals surface area contributed by atoms with Crippen LogP contribution in [0.15, 0.2) is 84.6 Å². The topological polar surface area (TPSA) is 40.6 Å². The lowest BCUT2D eigenvalue weighted by Crippen LogP contribution is -2.35. The summed E-state index contributed by atoms with van der Waals surface area (Å²) < 4.78 is 13.5. The Morgan fingerprint density at radius 3 is 2.10 bits per heavy atom. The molecule has 3 aromatic rings. The van der Waals surface area contributed by atoms with Crippen LogP contribution in [0.5, 0.6) is 0 Å². The van der Waals surface area contributed by atoms with Crippen molar-refractivity contribution in [3.8, 4) is 0 Å². The van der Waals surface area contributed by atoms with E-state index in [9.17, 15) is 14.0 Å². The Morgan fingerprint density at radius 2 is 1.48 bits per heavy atom. The van der Waals surface area contributed by atoms with Crippen LogP contribution >= 0.6 is 0 Å². The van der Waals surface area contributed by atoms with Crippen LogP contribution in [0.1, 0.15) is 23.6 Å². The second-order valence-corrected chi connectivity index (χ2v) is 7.51. The molecule has 0 aromatic heterocycles. The summed E-state index contributed by atoms with van der Waals surface area (Å²) in [4.78, 5) is 30.2. The van der Waals surface area contributed by atoms with Crippen LogP contribution in [0.3, 0.4) is 0 Å². The van der Waals surface area contributed by atoms with Gasteiger partial charge >= 0.3 is 0 Å². The van der Waals surface area contributed by atoms with Gasteiger partial charge < -0.3 is 4.90 Å². The Balaban J connectivity index is 1.82. The Morgan fingerprint density at radius 1 is 0.839 bits per heavy atom. The molecule has 0 fully saturated rings. The highest BCUT2D eigenvalue weighted by Crippen LogP contribution is 2.35. The molecule has 5 heteroatoms. The van der Waals surface area contributed by atoms with Crippen LogP contribution in [-0.2, 0) is 16.1 Å². The van der Waals surface area contributed by atoms with E-state index >= 15 is 0 Å². The molecule has 0 bridgehead atoms. The highest BCUT2D eigenvalue weighted by atomic mass is 19.1. The summed E-state index contributed by atoms with van der Waals surface area (Å²) in [6.07, 6.45) is 0. The molecule has 0 unspecified atom stereocenters. The molecule has 1 aliphatic rings. The van der Waals surface area contributed by atoms with Gasteiger partial charge in [0.15, 0.2) is 0 Å². The summed E-state index contributed by atoms with van der Waals surface area (Å²) in [5.41, 5.74) is 3.74. The molecule has 0 saturated carbocycles. The van der Waals surface area contributed by atoms with Crippen LogP contribution in [0.4, 0.5) is 10.1 Å². The van der Waals surface area contributed by atoms with Crippen molar-refractivity contribution in [1.82, 2.24) is 4.90 Å². The summed E-state index contributed by atoms with van der Waals surface area (Å²) >= 11 is 0. The monoisotopic (exact) mass is 414 g/mol. The molecular weight excluding hydrogens is 391 g/mol. The standard InChI is InChI=1S/C26H23FN2O2/c1-3-28(17-19-7-5-4-6-8-19)24-23(20-11-13-21(27)14-12-20)25(30)29(26(24)31)22-15-9-18(2)10-16-22/h4-16H,3,17H2,1-2H3. The Hall–Kier alpha value is -3.73. The summed E-state index contributed by atoms with van der Waals surface area (Å²) in [6, 6.07) is 22.8. The van der Waals surface area contributed by atoms with Gasteiger partial charge in [-0.2, -0.15) is 0 Å². The quantitative estimate of drug-likeness (QED) is 0.537. The molecule has 156 valence electrons. The molecule has 31 heavy (non-hydrogen) atoms. The summed E-state index contributed by atoms with van der Waals surface area (Å²) in [5, 5.41) is 0. The van der Waals surface area contributed by atoms with Gasteiger partial charge in [0, 0.05) is 13.1 Å². The molecule has 0 radical (unpaired) electrons. The molecule has 3 aromatic carbocycles. The third-order valence-corrected chi connectivity index (χ3v) is 5.40. The molecule has 4 rings (SSSR count). The van der Waals surface area contributed by atoms with Crippen molar-refractivity contribution in [1.29, 1.82) is 0 Å². The molecule has 1 heterocycles. The number of likely N-dealkylation sites (N-methyl/N-ethyl adjacent to an activating group) is 1. The van der Waals surface area contributed by atoms with E-state index in [0.717, 1.165) is 11.1 Å². The van der Waals surface area contributed by atoms with Crippen LogP contribution in [0.25, 0.3) is 5.57 Å². The Kier molecular flexibility index (Phi) is 5.67. The van der Waals surface area contributed by atoms with E-state index in [1.807, 2.05) is 61.2 Å². The fourth-order valence-electron chi connectivity index (χ4n) is 3.77. The van der Waals surface area contributed by atoms with E-state index in [1.54, 1.807) is 24.3 Å². The van der Waals surface area contributed by atoms with Crippen LogP contribution < -0.4 is 4.90 Å². The molecule has 0 aliphatic carbocycles. The summed E-state index contributed by atoms with van der Waals surface area (Å²) in [6.45, 7) is 4.92. The summed E-state index contributed by atoms with van der Waals surface area (Å²) in [7, 11) is 0. The minimum Gasteiger partial charge on any atom is -0.362 e. The zero-order chi connectivity index (χ0) is 22.0. The van der Waals surface area contributed by atoms with Gasteiger partial charge in [-0.3, -0.25) is 9.59 Å². The Bertz CT molecular complexity index is 1140. The first-order chi connectivity index (χ1) is 15.0. The maximum atomic E-state index is 13.6. The minimum absolute atomic E-state index is 0.295. The van der Waals surface area contributed by atoms with E-state index in [2.05, 4.69) is 0 Å². The van der Waals surface area contributed by atoms with Gasteiger partial charge in [0.25, 0.3) is 11.8 Å². The number of rotatable bonds is 6. The molecule has 0 atom stereocenters. The minimum atomic E-state index is -0.401. The smallest absolute Gasteiger partial charge is 0.282 e. The number of anilines is 1. The van der Waals surface area contributed by atoms with Gasteiger partial charge in [-0.05, 0) is 49.2 Å². The SMILES string of the molecule is CCN(Cc1ccccc1)C1=C(c2ccc(F)cc2)C(=O)N(c2ccc(C)cc2)C1=O. The normalized spacial score (nSPS) is 13.8. The van der Waals surface area contributed by atoms with E-state index < -0.39 is 11.7 Å². The van der Waals surface area contributed by atoms with Gasteiger partial charge in [-0.25, -0.2) is 9.29 Å². The number of nitrogens with zero attached hydrogens (tertiary/aromatic N) is 2. The molecular formula is C26H23FN2O2. The maximum Gasteiger partial charge on any atom is 0.282 e. The highest BCUT2D eigenvalue weighted by molar-refractivity contribution is 6.45. The fraction of sp³-hybridized carbons (Fsp3) is 0.154. The number of aryl methyl sites for hydroxylation is 1. The van der Waals surface area contributed by atoms with Gasteiger partial charge in [0.1, 0.15) is 11.5 Å². The van der Waals surface area contributed by atoms with Crippen molar-refractivity contribution in [3.05, 3.63) is 107 Å². The zero-order valence-corrected chi connectivity index (χ0v) is 17.5. The average molecular weight is 414 g/mol. The van der Waals surface area contributed by atoms with Crippen molar-refractivity contribution in [3.63, 3.8) is 0 Å². The van der Waals surface area contributed by atoms with E-state index in [1.165, 1.54) is 17.0 Å². The number of benzene rings is 3. The van der Waals surface area contributed by atoms with Crippen molar-refractivity contribution in [2.75, 3.05) is 11.4 Å². The Labute approximate surface area is 181 Å². The first-order valence-corrected chi connectivity index (χ1v) is 10.2. The predicted octanol–water partition coefficient (Wildman–Crippen LogP) is 4.94. The van der Waals surface area contributed by atoms with Crippen LogP contribution in [0, 0.1) is 12.7 Å². The molecule has 1 aliphatic heterocycles. The number of hydrogen-bond acceptors (Lipinski definition) is 3. The molecule has 4 nitrogen and oxygen atoms in total. The lowest BCUT2D eigenvalue weighted by atomic mass is 10.0. The fourth-order valence-corrected chi connectivity index (χ4v) is 3.77. The number of carbonyl (C=O) groups is 2. The lowest BCUT2D eigenvalue weighted by Gasteiger charge is -2.25. The van der Waals surface area contributed by atoms with Crippen molar-refractivity contribution in [2.45, 2.75) is 20.4 Å². The number of hydrogen-bond donors (Lipinski definition) is 0. The number of halogens is 1. The van der Waals surface area contributed by atoms with Crippen LogP contribution in [0.2, 0.25) is 0 Å². The molecule has 2 amide bonds. The zero-order valence-electron chi connectivity index (χ0n) is 17.5. The first-order valence-electron chi connectivity index (χ1n) is 10.2.